The van der Waals surface area contributed by atoms with Crippen LogP contribution in [0.3, 0.4) is 0 Å². The minimum atomic E-state index is 0.549. The first-order valence-corrected chi connectivity index (χ1v) is 5.80. The fraction of sp³-hybridized carbons (Fsp3) is 0.667. The standard InChI is InChI=1S/C9H14N2OS/c1-6-5-12-9(10-6)11-7-3-4-8(7)13-2/h5,7-8H,3-4H2,1-2H3,(H,10,11). The number of rotatable bonds is 3. The van der Waals surface area contributed by atoms with E-state index in [9.17, 15) is 0 Å². The molecule has 0 spiro atoms. The molecule has 2 atom stereocenters. The van der Waals surface area contributed by atoms with E-state index in [0.717, 1.165) is 10.9 Å². The second-order valence-corrected chi connectivity index (χ2v) is 4.47. The van der Waals surface area contributed by atoms with Crippen LogP contribution in [0.2, 0.25) is 0 Å². The van der Waals surface area contributed by atoms with E-state index in [0.29, 0.717) is 12.1 Å². The molecule has 1 aromatic heterocycles. The fourth-order valence-corrected chi connectivity index (χ4v) is 2.40. The average Bonchev–Trinajstić information content (AvgIpc) is 2.46. The lowest BCUT2D eigenvalue weighted by Crippen LogP contribution is -2.40. The molecule has 0 bridgehead atoms. The van der Waals surface area contributed by atoms with Gasteiger partial charge in [0.2, 0.25) is 0 Å². The summed E-state index contributed by atoms with van der Waals surface area (Å²) in [5.74, 6) is 0. The molecule has 1 N–H and O–H groups in total. The first kappa shape index (κ1) is 8.94. The van der Waals surface area contributed by atoms with Crippen molar-refractivity contribution >= 4 is 17.8 Å². The third-order valence-electron chi connectivity index (χ3n) is 2.44. The second-order valence-electron chi connectivity index (χ2n) is 3.40. The minimum absolute atomic E-state index is 0.549. The van der Waals surface area contributed by atoms with Gasteiger partial charge in [-0.25, -0.2) is 0 Å². The van der Waals surface area contributed by atoms with Crippen LogP contribution < -0.4 is 5.32 Å². The number of nitrogens with one attached hydrogen (secondary N) is 1. The Hall–Kier alpha value is -0.640. The van der Waals surface area contributed by atoms with E-state index in [2.05, 4.69) is 16.6 Å². The summed E-state index contributed by atoms with van der Waals surface area (Å²) >= 11 is 1.91. The maximum atomic E-state index is 5.23. The average molecular weight is 198 g/mol. The Morgan fingerprint density at radius 1 is 1.62 bits per heavy atom. The zero-order valence-electron chi connectivity index (χ0n) is 7.91. The predicted molar refractivity (Wildman–Crippen MR) is 55.2 cm³/mol. The molecule has 0 saturated heterocycles. The van der Waals surface area contributed by atoms with Crippen molar-refractivity contribution in [3.63, 3.8) is 0 Å². The Kier molecular flexibility index (Phi) is 2.49. The molecule has 1 aliphatic rings. The van der Waals surface area contributed by atoms with Gasteiger partial charge in [0.15, 0.2) is 0 Å². The van der Waals surface area contributed by atoms with Gasteiger partial charge >= 0.3 is 0 Å². The smallest absolute Gasteiger partial charge is 0.294 e. The van der Waals surface area contributed by atoms with Crippen LogP contribution in [0.1, 0.15) is 18.5 Å². The molecule has 1 fully saturated rings. The van der Waals surface area contributed by atoms with E-state index < -0.39 is 0 Å². The van der Waals surface area contributed by atoms with Crippen molar-refractivity contribution < 1.29 is 4.42 Å². The third kappa shape index (κ3) is 1.82. The normalized spacial score (nSPS) is 26.9. The van der Waals surface area contributed by atoms with Gasteiger partial charge in [-0.05, 0) is 26.0 Å². The second kappa shape index (κ2) is 3.62. The summed E-state index contributed by atoms with van der Waals surface area (Å²) in [6.07, 6.45) is 6.36. The molecule has 1 saturated carbocycles. The number of aromatic nitrogens is 1. The quantitative estimate of drug-likeness (QED) is 0.808. The van der Waals surface area contributed by atoms with Crippen LogP contribution >= 0.6 is 11.8 Å². The molecule has 2 unspecified atom stereocenters. The van der Waals surface area contributed by atoms with Crippen LogP contribution in [-0.2, 0) is 0 Å². The lowest BCUT2D eigenvalue weighted by atomic mass is 9.92. The van der Waals surface area contributed by atoms with Crippen molar-refractivity contribution in [3.8, 4) is 0 Å². The summed E-state index contributed by atoms with van der Waals surface area (Å²) in [5, 5.41) is 4.03. The van der Waals surface area contributed by atoms with Gasteiger partial charge in [-0.3, -0.25) is 0 Å². The first-order valence-electron chi connectivity index (χ1n) is 4.51. The van der Waals surface area contributed by atoms with E-state index in [-0.39, 0.29) is 0 Å². The monoisotopic (exact) mass is 198 g/mol. The molecule has 0 radical (unpaired) electrons. The molecule has 1 heterocycles. The number of hydrogen-bond acceptors (Lipinski definition) is 4. The van der Waals surface area contributed by atoms with Crippen molar-refractivity contribution in [3.05, 3.63) is 12.0 Å². The highest BCUT2D eigenvalue weighted by Gasteiger charge is 2.30. The van der Waals surface area contributed by atoms with Crippen molar-refractivity contribution in [2.24, 2.45) is 0 Å². The fourth-order valence-electron chi connectivity index (χ4n) is 1.50. The van der Waals surface area contributed by atoms with Crippen molar-refractivity contribution in [2.45, 2.75) is 31.1 Å². The van der Waals surface area contributed by atoms with E-state index in [1.807, 2.05) is 18.7 Å². The van der Waals surface area contributed by atoms with Crippen LogP contribution in [-0.4, -0.2) is 22.5 Å². The number of aryl methyl sites for hydroxylation is 1. The van der Waals surface area contributed by atoms with Crippen molar-refractivity contribution in [2.75, 3.05) is 11.6 Å². The molecule has 1 aromatic rings. The lowest BCUT2D eigenvalue weighted by Gasteiger charge is -2.35. The summed E-state index contributed by atoms with van der Waals surface area (Å²) < 4.78 is 5.23. The largest absolute Gasteiger partial charge is 0.432 e. The number of oxazole rings is 1. The highest BCUT2D eigenvalue weighted by atomic mass is 32.2. The Morgan fingerprint density at radius 3 is 2.92 bits per heavy atom. The SMILES string of the molecule is CSC1CCC1Nc1nc(C)co1. The molecular weight excluding hydrogens is 184 g/mol. The maximum absolute atomic E-state index is 5.23. The van der Waals surface area contributed by atoms with Gasteiger partial charge in [-0.15, -0.1) is 0 Å². The van der Waals surface area contributed by atoms with E-state index >= 15 is 0 Å². The molecule has 3 nitrogen and oxygen atoms in total. The molecule has 0 amide bonds. The van der Waals surface area contributed by atoms with Crippen LogP contribution in [0.4, 0.5) is 6.01 Å². The highest BCUT2D eigenvalue weighted by molar-refractivity contribution is 7.99. The Balaban J connectivity index is 1.91. The van der Waals surface area contributed by atoms with E-state index in [4.69, 9.17) is 4.42 Å². The van der Waals surface area contributed by atoms with E-state index in [1.165, 1.54) is 12.8 Å². The Bertz CT molecular complexity index is 285. The Labute approximate surface area is 82.3 Å². The first-order chi connectivity index (χ1) is 6.29. The minimum Gasteiger partial charge on any atom is -0.432 e. The van der Waals surface area contributed by atoms with Gasteiger partial charge < -0.3 is 9.73 Å². The molecular formula is C9H14N2OS. The van der Waals surface area contributed by atoms with Crippen LogP contribution in [0, 0.1) is 6.92 Å². The molecule has 0 aliphatic heterocycles. The van der Waals surface area contributed by atoms with Crippen LogP contribution in [0.5, 0.6) is 0 Å². The third-order valence-corrected chi connectivity index (χ3v) is 3.61. The molecule has 13 heavy (non-hydrogen) atoms. The number of anilines is 1. The molecule has 72 valence electrons. The maximum Gasteiger partial charge on any atom is 0.294 e. The van der Waals surface area contributed by atoms with Gasteiger partial charge in [0.25, 0.3) is 6.01 Å². The number of nitrogens with zero attached hydrogens (tertiary/aromatic N) is 1. The van der Waals surface area contributed by atoms with Gasteiger partial charge in [0.1, 0.15) is 6.26 Å². The van der Waals surface area contributed by atoms with Crippen LogP contribution in [0.25, 0.3) is 0 Å². The van der Waals surface area contributed by atoms with Gasteiger partial charge in [-0.2, -0.15) is 16.7 Å². The zero-order valence-corrected chi connectivity index (χ0v) is 8.73. The highest BCUT2D eigenvalue weighted by Crippen LogP contribution is 2.32. The van der Waals surface area contributed by atoms with E-state index in [1.54, 1.807) is 6.26 Å². The zero-order chi connectivity index (χ0) is 9.26. The van der Waals surface area contributed by atoms with Gasteiger partial charge in [0.05, 0.1) is 5.69 Å². The predicted octanol–water partition coefficient (Wildman–Crippen LogP) is 2.29. The number of hydrogen-bond donors (Lipinski definition) is 1. The summed E-state index contributed by atoms with van der Waals surface area (Å²) in [7, 11) is 0. The van der Waals surface area contributed by atoms with Gasteiger partial charge in [-0.1, -0.05) is 0 Å². The van der Waals surface area contributed by atoms with Crippen LogP contribution in [0.15, 0.2) is 10.7 Å². The molecule has 2 rings (SSSR count). The molecule has 0 aromatic carbocycles. The van der Waals surface area contributed by atoms with Gasteiger partial charge in [0, 0.05) is 11.3 Å². The molecule has 1 aliphatic carbocycles. The summed E-state index contributed by atoms with van der Waals surface area (Å²) in [4.78, 5) is 4.21. The summed E-state index contributed by atoms with van der Waals surface area (Å²) in [6, 6.07) is 1.22. The van der Waals surface area contributed by atoms with Crippen molar-refractivity contribution in [1.82, 2.24) is 4.98 Å². The lowest BCUT2D eigenvalue weighted by molar-refractivity contribution is 0.444. The van der Waals surface area contributed by atoms with Crippen molar-refractivity contribution in [1.29, 1.82) is 0 Å². The summed E-state index contributed by atoms with van der Waals surface area (Å²) in [6.45, 7) is 1.93. The summed E-state index contributed by atoms with van der Waals surface area (Å²) in [5.41, 5.74) is 0.933. The Morgan fingerprint density at radius 2 is 2.46 bits per heavy atom. The topological polar surface area (TPSA) is 38.1 Å². The number of thioether (sulfide) groups is 1. The molecule has 4 heteroatoms.